The minimum atomic E-state index is -0.355. The fourth-order valence-corrected chi connectivity index (χ4v) is 2.41. The van der Waals surface area contributed by atoms with Crippen molar-refractivity contribution in [1.29, 1.82) is 0 Å². The number of methoxy groups -OCH3 is 1. The molecule has 0 bridgehead atoms. The van der Waals surface area contributed by atoms with Crippen LogP contribution in [0.1, 0.15) is 56.8 Å². The Balaban J connectivity index is 2.81. The molecule has 18 heavy (non-hydrogen) atoms. The van der Waals surface area contributed by atoms with Gasteiger partial charge in [0.15, 0.2) is 0 Å². The summed E-state index contributed by atoms with van der Waals surface area (Å²) in [6.07, 6.45) is 4.13. The van der Waals surface area contributed by atoms with E-state index in [9.17, 15) is 5.11 Å². The van der Waals surface area contributed by atoms with Crippen LogP contribution in [0.5, 0.6) is 5.75 Å². The van der Waals surface area contributed by atoms with Gasteiger partial charge < -0.3 is 9.84 Å². The van der Waals surface area contributed by atoms with Gasteiger partial charge >= 0.3 is 0 Å². The quantitative estimate of drug-likeness (QED) is 0.783. The van der Waals surface area contributed by atoms with Gasteiger partial charge in [-0.25, -0.2) is 0 Å². The normalized spacial score (nSPS) is 14.3. The molecule has 0 aromatic heterocycles. The lowest BCUT2D eigenvalue weighted by atomic mass is 9.88. The van der Waals surface area contributed by atoms with Crippen molar-refractivity contribution in [3.8, 4) is 5.75 Å². The van der Waals surface area contributed by atoms with Crippen LogP contribution < -0.4 is 4.74 Å². The van der Waals surface area contributed by atoms with Crippen molar-refractivity contribution in [2.45, 2.75) is 52.6 Å². The van der Waals surface area contributed by atoms with Crippen molar-refractivity contribution in [2.24, 2.45) is 5.92 Å². The molecular weight excluding hydrogens is 224 g/mol. The van der Waals surface area contributed by atoms with E-state index in [4.69, 9.17) is 4.74 Å². The van der Waals surface area contributed by atoms with Crippen LogP contribution in [0.25, 0.3) is 0 Å². The molecule has 2 heteroatoms. The monoisotopic (exact) mass is 250 g/mol. The predicted molar refractivity (Wildman–Crippen MR) is 76.0 cm³/mol. The van der Waals surface area contributed by atoms with E-state index in [0.29, 0.717) is 5.92 Å². The molecule has 0 radical (unpaired) electrons. The topological polar surface area (TPSA) is 29.5 Å². The van der Waals surface area contributed by atoms with E-state index in [1.807, 2.05) is 25.1 Å². The molecular formula is C16H26O2. The Morgan fingerprint density at radius 2 is 2.00 bits per heavy atom. The molecule has 102 valence electrons. The van der Waals surface area contributed by atoms with Crippen molar-refractivity contribution in [3.63, 3.8) is 0 Å². The van der Waals surface area contributed by atoms with Gasteiger partial charge in [-0.3, -0.25) is 0 Å². The summed E-state index contributed by atoms with van der Waals surface area (Å²) >= 11 is 0. The Morgan fingerprint density at radius 3 is 2.50 bits per heavy atom. The number of hydrogen-bond acceptors (Lipinski definition) is 2. The number of aryl methyl sites for hydroxylation is 1. The Kier molecular flexibility index (Phi) is 6.20. The van der Waals surface area contributed by atoms with Crippen LogP contribution in [-0.2, 0) is 0 Å². The molecule has 2 unspecified atom stereocenters. The second-order valence-electron chi connectivity index (χ2n) is 4.98. The lowest BCUT2D eigenvalue weighted by Gasteiger charge is -2.22. The molecule has 0 aliphatic heterocycles. The minimum absolute atomic E-state index is 0.355. The van der Waals surface area contributed by atoms with Crippen LogP contribution in [0, 0.1) is 12.8 Å². The van der Waals surface area contributed by atoms with Crippen LogP contribution in [0.15, 0.2) is 18.2 Å². The first kappa shape index (κ1) is 15.0. The van der Waals surface area contributed by atoms with Crippen molar-refractivity contribution >= 4 is 0 Å². The third kappa shape index (κ3) is 3.74. The highest BCUT2D eigenvalue weighted by Crippen LogP contribution is 2.31. The molecule has 1 aromatic rings. The Hall–Kier alpha value is -1.02. The number of ether oxygens (including phenoxy) is 1. The second-order valence-corrected chi connectivity index (χ2v) is 4.98. The van der Waals surface area contributed by atoms with Crippen molar-refractivity contribution < 1.29 is 9.84 Å². The molecule has 0 fully saturated rings. The van der Waals surface area contributed by atoms with Gasteiger partial charge in [-0.2, -0.15) is 0 Å². The molecule has 0 aliphatic rings. The van der Waals surface area contributed by atoms with Gasteiger partial charge in [0.2, 0.25) is 0 Å². The van der Waals surface area contributed by atoms with Crippen molar-refractivity contribution in [1.82, 2.24) is 0 Å². The van der Waals surface area contributed by atoms with Gasteiger partial charge in [0.05, 0.1) is 13.2 Å². The summed E-state index contributed by atoms with van der Waals surface area (Å²) in [6, 6.07) is 5.96. The summed E-state index contributed by atoms with van der Waals surface area (Å²) in [5.74, 6) is 1.24. The molecule has 0 saturated heterocycles. The summed E-state index contributed by atoms with van der Waals surface area (Å²) in [7, 11) is 1.68. The molecule has 0 saturated carbocycles. The molecule has 0 aliphatic carbocycles. The van der Waals surface area contributed by atoms with E-state index in [2.05, 4.69) is 13.8 Å². The zero-order valence-corrected chi connectivity index (χ0v) is 12.1. The standard InChI is InChI=1S/C16H26O2/c1-5-7-8-13(6-2)16(17)14-9-10-15(18-4)12(3)11-14/h9-11,13,16-17H,5-8H2,1-4H3. The fourth-order valence-electron chi connectivity index (χ4n) is 2.41. The zero-order chi connectivity index (χ0) is 13.5. The molecule has 0 heterocycles. The average Bonchev–Trinajstić information content (AvgIpc) is 2.39. The fraction of sp³-hybridized carbons (Fsp3) is 0.625. The van der Waals surface area contributed by atoms with Crippen LogP contribution >= 0.6 is 0 Å². The summed E-state index contributed by atoms with van der Waals surface area (Å²) in [5.41, 5.74) is 2.09. The number of hydrogen-bond donors (Lipinski definition) is 1. The van der Waals surface area contributed by atoms with E-state index in [1.165, 1.54) is 12.8 Å². The van der Waals surface area contributed by atoms with E-state index < -0.39 is 0 Å². The summed E-state index contributed by atoms with van der Waals surface area (Å²) < 4.78 is 5.25. The molecule has 1 rings (SSSR count). The SMILES string of the molecule is CCCCC(CC)C(O)c1ccc(OC)c(C)c1. The third-order valence-corrected chi connectivity index (χ3v) is 3.66. The summed E-state index contributed by atoms with van der Waals surface area (Å²) in [6.45, 7) is 6.36. The van der Waals surface area contributed by atoms with Crippen LogP contribution in [0.3, 0.4) is 0 Å². The van der Waals surface area contributed by atoms with Crippen LogP contribution in [-0.4, -0.2) is 12.2 Å². The summed E-state index contributed by atoms with van der Waals surface area (Å²) in [5, 5.41) is 10.5. The van der Waals surface area contributed by atoms with Crippen LogP contribution in [0.4, 0.5) is 0 Å². The highest BCUT2D eigenvalue weighted by molar-refractivity contribution is 5.37. The Morgan fingerprint density at radius 1 is 1.28 bits per heavy atom. The van der Waals surface area contributed by atoms with E-state index in [-0.39, 0.29) is 6.10 Å². The minimum Gasteiger partial charge on any atom is -0.496 e. The van der Waals surface area contributed by atoms with Gasteiger partial charge in [-0.05, 0) is 42.5 Å². The predicted octanol–water partition coefficient (Wildman–Crippen LogP) is 4.25. The summed E-state index contributed by atoms with van der Waals surface area (Å²) in [4.78, 5) is 0. The lowest BCUT2D eigenvalue weighted by Crippen LogP contribution is -2.12. The highest BCUT2D eigenvalue weighted by Gasteiger charge is 2.19. The van der Waals surface area contributed by atoms with E-state index in [0.717, 1.165) is 29.7 Å². The van der Waals surface area contributed by atoms with Crippen LogP contribution in [0.2, 0.25) is 0 Å². The number of aliphatic hydroxyl groups excluding tert-OH is 1. The van der Waals surface area contributed by atoms with Gasteiger partial charge in [0, 0.05) is 0 Å². The number of rotatable bonds is 7. The smallest absolute Gasteiger partial charge is 0.121 e. The molecule has 0 amide bonds. The van der Waals surface area contributed by atoms with Gasteiger partial charge in [-0.1, -0.05) is 39.2 Å². The van der Waals surface area contributed by atoms with Crippen molar-refractivity contribution in [3.05, 3.63) is 29.3 Å². The van der Waals surface area contributed by atoms with Crippen molar-refractivity contribution in [2.75, 3.05) is 7.11 Å². The maximum Gasteiger partial charge on any atom is 0.121 e. The van der Waals surface area contributed by atoms with Gasteiger partial charge in [-0.15, -0.1) is 0 Å². The number of benzene rings is 1. The lowest BCUT2D eigenvalue weighted by molar-refractivity contribution is 0.0988. The first-order chi connectivity index (χ1) is 8.63. The van der Waals surface area contributed by atoms with E-state index in [1.54, 1.807) is 7.11 Å². The first-order valence-corrected chi connectivity index (χ1v) is 6.96. The second kappa shape index (κ2) is 7.42. The van der Waals surface area contributed by atoms with Gasteiger partial charge in [0.25, 0.3) is 0 Å². The van der Waals surface area contributed by atoms with E-state index >= 15 is 0 Å². The number of unbranched alkanes of at least 4 members (excludes halogenated alkanes) is 1. The average molecular weight is 250 g/mol. The zero-order valence-electron chi connectivity index (χ0n) is 12.1. The Labute approximate surface area is 111 Å². The highest BCUT2D eigenvalue weighted by atomic mass is 16.5. The third-order valence-electron chi connectivity index (χ3n) is 3.66. The molecule has 1 N–H and O–H groups in total. The Bertz CT molecular complexity index is 360. The molecule has 2 atom stereocenters. The molecule has 2 nitrogen and oxygen atoms in total. The number of aliphatic hydroxyl groups is 1. The maximum absolute atomic E-state index is 10.5. The molecule has 1 aromatic carbocycles. The van der Waals surface area contributed by atoms with Gasteiger partial charge in [0.1, 0.15) is 5.75 Å². The largest absolute Gasteiger partial charge is 0.496 e. The maximum atomic E-state index is 10.5. The first-order valence-electron chi connectivity index (χ1n) is 6.96. The molecule has 0 spiro atoms.